The van der Waals surface area contributed by atoms with Crippen LogP contribution in [0.3, 0.4) is 0 Å². The van der Waals surface area contributed by atoms with Gasteiger partial charge in [0.15, 0.2) is 0 Å². The van der Waals surface area contributed by atoms with Crippen LogP contribution in [0.4, 0.5) is 0 Å². The first-order chi connectivity index (χ1) is 8.56. The summed E-state index contributed by atoms with van der Waals surface area (Å²) < 4.78 is 10.3. The molecule has 5 heteroatoms. The number of amides is 1. The quantitative estimate of drug-likeness (QED) is 0.674. The minimum Gasteiger partial charge on any atom is -0.466 e. The zero-order valence-corrected chi connectivity index (χ0v) is 11.5. The van der Waals surface area contributed by atoms with Gasteiger partial charge in [0, 0.05) is 19.2 Å². The molecule has 0 N–H and O–H groups in total. The maximum absolute atomic E-state index is 12.2. The third-order valence-electron chi connectivity index (χ3n) is 2.97. The predicted octanol–water partition coefficient (Wildman–Crippen LogP) is 1.36. The maximum Gasteiger partial charge on any atom is 0.307 e. The van der Waals surface area contributed by atoms with Crippen LogP contribution in [0, 0.1) is 0 Å². The summed E-state index contributed by atoms with van der Waals surface area (Å²) >= 11 is 0. The van der Waals surface area contributed by atoms with E-state index in [9.17, 15) is 9.59 Å². The predicted molar refractivity (Wildman–Crippen MR) is 67.1 cm³/mol. The van der Waals surface area contributed by atoms with Crippen LogP contribution < -0.4 is 0 Å². The van der Waals surface area contributed by atoms with Crippen molar-refractivity contribution in [1.82, 2.24) is 4.90 Å². The van der Waals surface area contributed by atoms with Crippen molar-refractivity contribution in [3.63, 3.8) is 0 Å². The lowest BCUT2D eigenvalue weighted by Crippen LogP contribution is -2.44. The Balaban J connectivity index is 2.48. The van der Waals surface area contributed by atoms with Gasteiger partial charge in [-0.25, -0.2) is 0 Å². The van der Waals surface area contributed by atoms with E-state index in [0.717, 1.165) is 12.8 Å². The molecule has 1 heterocycles. The van der Waals surface area contributed by atoms with Gasteiger partial charge in [-0.05, 0) is 33.6 Å². The highest BCUT2D eigenvalue weighted by Gasteiger charge is 2.29. The van der Waals surface area contributed by atoms with Crippen molar-refractivity contribution in [3.8, 4) is 0 Å². The van der Waals surface area contributed by atoms with Crippen molar-refractivity contribution >= 4 is 11.9 Å². The number of hydrogen-bond donors (Lipinski definition) is 0. The molecular formula is C13H23NO4. The number of nitrogens with zero attached hydrogens (tertiary/aromatic N) is 1. The summed E-state index contributed by atoms with van der Waals surface area (Å²) in [6.07, 6.45) is 1.63. The standard InChI is InChI=1S/C13H23NO4/c1-4-17-12(15)7-8-14(10(2)3)13(16)11-6-5-9-18-11/h10-11H,4-9H2,1-3H3. The summed E-state index contributed by atoms with van der Waals surface area (Å²) in [4.78, 5) is 25.2. The molecule has 104 valence electrons. The summed E-state index contributed by atoms with van der Waals surface area (Å²) in [5.41, 5.74) is 0. The van der Waals surface area contributed by atoms with Crippen LogP contribution in [-0.4, -0.2) is 48.7 Å². The van der Waals surface area contributed by atoms with Crippen molar-refractivity contribution in [1.29, 1.82) is 0 Å². The molecule has 1 unspecified atom stereocenters. The van der Waals surface area contributed by atoms with Gasteiger partial charge in [-0.3, -0.25) is 9.59 Å². The first-order valence-corrected chi connectivity index (χ1v) is 6.64. The lowest BCUT2D eigenvalue weighted by atomic mass is 10.2. The molecule has 0 saturated carbocycles. The average Bonchev–Trinajstić information content (AvgIpc) is 2.82. The summed E-state index contributed by atoms with van der Waals surface area (Å²) in [5.74, 6) is -0.268. The fourth-order valence-electron chi connectivity index (χ4n) is 2.03. The molecule has 18 heavy (non-hydrogen) atoms. The van der Waals surface area contributed by atoms with E-state index in [1.165, 1.54) is 0 Å². The lowest BCUT2D eigenvalue weighted by Gasteiger charge is -2.28. The summed E-state index contributed by atoms with van der Waals surface area (Å²) in [5, 5.41) is 0. The third-order valence-corrected chi connectivity index (χ3v) is 2.97. The zero-order valence-electron chi connectivity index (χ0n) is 11.5. The van der Waals surface area contributed by atoms with Gasteiger partial charge in [0.05, 0.1) is 13.0 Å². The van der Waals surface area contributed by atoms with Crippen LogP contribution in [-0.2, 0) is 19.1 Å². The number of ether oxygens (including phenoxy) is 2. The molecule has 0 aromatic heterocycles. The Morgan fingerprint density at radius 1 is 1.44 bits per heavy atom. The molecule has 1 atom stereocenters. The molecule has 1 aliphatic heterocycles. The van der Waals surface area contributed by atoms with Gasteiger partial charge >= 0.3 is 5.97 Å². The Morgan fingerprint density at radius 2 is 2.17 bits per heavy atom. The Bertz CT molecular complexity index is 285. The topological polar surface area (TPSA) is 55.8 Å². The van der Waals surface area contributed by atoms with Crippen molar-refractivity contribution in [3.05, 3.63) is 0 Å². The number of esters is 1. The Labute approximate surface area is 108 Å². The van der Waals surface area contributed by atoms with Crippen LogP contribution in [0.1, 0.15) is 40.0 Å². The van der Waals surface area contributed by atoms with Gasteiger partial charge in [-0.1, -0.05) is 0 Å². The highest BCUT2D eigenvalue weighted by Crippen LogP contribution is 2.16. The summed E-state index contributed by atoms with van der Waals surface area (Å²) in [6.45, 7) is 7.08. The third kappa shape index (κ3) is 4.29. The molecule has 0 aliphatic carbocycles. The monoisotopic (exact) mass is 257 g/mol. The Morgan fingerprint density at radius 3 is 2.67 bits per heavy atom. The van der Waals surface area contributed by atoms with E-state index in [1.54, 1.807) is 11.8 Å². The molecule has 0 bridgehead atoms. The van der Waals surface area contributed by atoms with Gasteiger partial charge in [-0.15, -0.1) is 0 Å². The van der Waals surface area contributed by atoms with E-state index < -0.39 is 0 Å². The number of rotatable bonds is 6. The molecule has 0 aromatic carbocycles. The number of hydrogen-bond acceptors (Lipinski definition) is 4. The molecule has 5 nitrogen and oxygen atoms in total. The van der Waals surface area contributed by atoms with Crippen molar-refractivity contribution in [2.24, 2.45) is 0 Å². The van der Waals surface area contributed by atoms with Gasteiger partial charge in [0.25, 0.3) is 5.91 Å². The number of carbonyl (C=O) groups is 2. The molecule has 1 saturated heterocycles. The molecule has 1 fully saturated rings. The fourth-order valence-corrected chi connectivity index (χ4v) is 2.03. The minimum atomic E-state index is -0.324. The second kappa shape index (κ2) is 7.36. The summed E-state index contributed by atoms with van der Waals surface area (Å²) in [6, 6.07) is 0.0659. The van der Waals surface area contributed by atoms with Crippen LogP contribution >= 0.6 is 0 Å². The maximum atomic E-state index is 12.2. The van der Waals surface area contributed by atoms with E-state index in [-0.39, 0.29) is 30.4 Å². The number of carbonyl (C=O) groups excluding carboxylic acids is 2. The van der Waals surface area contributed by atoms with Crippen LogP contribution in [0.5, 0.6) is 0 Å². The van der Waals surface area contributed by atoms with E-state index in [4.69, 9.17) is 9.47 Å². The minimum absolute atomic E-state index is 0.00759. The first kappa shape index (κ1) is 15.0. The highest BCUT2D eigenvalue weighted by molar-refractivity contribution is 5.82. The second-order valence-electron chi connectivity index (χ2n) is 4.68. The molecular weight excluding hydrogens is 234 g/mol. The molecule has 1 aliphatic rings. The van der Waals surface area contributed by atoms with E-state index in [0.29, 0.717) is 19.8 Å². The Hall–Kier alpha value is -1.10. The van der Waals surface area contributed by atoms with E-state index in [1.807, 2.05) is 13.8 Å². The Kier molecular flexibility index (Phi) is 6.12. The molecule has 1 amide bonds. The normalized spacial score (nSPS) is 19.0. The smallest absolute Gasteiger partial charge is 0.307 e. The molecule has 0 spiro atoms. The molecule has 0 radical (unpaired) electrons. The van der Waals surface area contributed by atoms with Crippen molar-refractivity contribution in [2.45, 2.75) is 52.2 Å². The SMILES string of the molecule is CCOC(=O)CCN(C(=O)C1CCCO1)C(C)C. The van der Waals surface area contributed by atoms with E-state index >= 15 is 0 Å². The second-order valence-corrected chi connectivity index (χ2v) is 4.68. The van der Waals surface area contributed by atoms with Crippen LogP contribution in [0.15, 0.2) is 0 Å². The first-order valence-electron chi connectivity index (χ1n) is 6.64. The molecule has 1 rings (SSSR count). The largest absolute Gasteiger partial charge is 0.466 e. The van der Waals surface area contributed by atoms with Crippen molar-refractivity contribution < 1.29 is 19.1 Å². The van der Waals surface area contributed by atoms with Crippen LogP contribution in [0.25, 0.3) is 0 Å². The highest BCUT2D eigenvalue weighted by atomic mass is 16.5. The van der Waals surface area contributed by atoms with Gasteiger partial charge < -0.3 is 14.4 Å². The summed E-state index contributed by atoms with van der Waals surface area (Å²) in [7, 11) is 0. The fraction of sp³-hybridized carbons (Fsp3) is 0.846. The molecule has 0 aromatic rings. The van der Waals surface area contributed by atoms with Gasteiger partial charge in [-0.2, -0.15) is 0 Å². The van der Waals surface area contributed by atoms with Gasteiger partial charge in [0.1, 0.15) is 6.10 Å². The van der Waals surface area contributed by atoms with Crippen molar-refractivity contribution in [2.75, 3.05) is 19.8 Å². The lowest BCUT2D eigenvalue weighted by molar-refractivity contribution is -0.146. The van der Waals surface area contributed by atoms with Crippen LogP contribution in [0.2, 0.25) is 0 Å². The van der Waals surface area contributed by atoms with E-state index in [2.05, 4.69) is 0 Å². The zero-order chi connectivity index (χ0) is 13.5. The average molecular weight is 257 g/mol. The van der Waals surface area contributed by atoms with Gasteiger partial charge in [0.2, 0.25) is 0 Å².